The van der Waals surface area contributed by atoms with Crippen LogP contribution in [0.2, 0.25) is 0 Å². The van der Waals surface area contributed by atoms with Gasteiger partial charge in [0.25, 0.3) is 5.91 Å². The molecule has 98 valence electrons. The number of halogens is 1. The number of carbonyl (C=O) groups is 2. The highest BCUT2D eigenvalue weighted by atomic mass is 19.1. The Morgan fingerprint density at radius 2 is 2.17 bits per heavy atom. The largest absolute Gasteiger partial charge is 0.467 e. The smallest absolute Gasteiger partial charge is 0.328 e. The van der Waals surface area contributed by atoms with Crippen LogP contribution in [0.4, 0.5) is 10.1 Å². The van der Waals surface area contributed by atoms with E-state index in [-0.39, 0.29) is 5.56 Å². The summed E-state index contributed by atoms with van der Waals surface area (Å²) in [4.78, 5) is 22.4. The summed E-state index contributed by atoms with van der Waals surface area (Å²) in [5, 5.41) is 2.85. The molecule has 18 heavy (non-hydrogen) atoms. The van der Waals surface area contributed by atoms with Crippen molar-refractivity contribution in [1.82, 2.24) is 0 Å². The van der Waals surface area contributed by atoms with Crippen LogP contribution in [0.15, 0.2) is 18.2 Å². The van der Waals surface area contributed by atoms with E-state index in [1.54, 1.807) is 6.92 Å². The van der Waals surface area contributed by atoms with E-state index in [0.29, 0.717) is 12.1 Å². The molecule has 0 bridgehead atoms. The van der Waals surface area contributed by atoms with Crippen molar-refractivity contribution in [1.29, 1.82) is 0 Å². The number of carbonyl (C=O) groups excluding carboxylic acids is 2. The molecule has 1 amide bonds. The number of nitrogens with one attached hydrogen (secondary N) is 1. The molecule has 0 aliphatic rings. The maximum Gasteiger partial charge on any atom is 0.328 e. The number of hydrogen-bond acceptors (Lipinski definition) is 4. The van der Waals surface area contributed by atoms with Crippen LogP contribution in [0.3, 0.4) is 0 Å². The fraction of sp³-hybridized carbons (Fsp3) is 0.333. The van der Waals surface area contributed by atoms with E-state index in [1.165, 1.54) is 19.2 Å². The number of benzene rings is 1. The summed E-state index contributed by atoms with van der Waals surface area (Å²) >= 11 is 0. The molecule has 1 rings (SSSR count). The zero-order valence-electron chi connectivity index (χ0n) is 10.2. The molecule has 1 atom stereocenters. The van der Waals surface area contributed by atoms with Crippen LogP contribution < -0.4 is 11.1 Å². The number of amides is 1. The van der Waals surface area contributed by atoms with Crippen LogP contribution in [-0.4, -0.2) is 25.0 Å². The van der Waals surface area contributed by atoms with Crippen molar-refractivity contribution < 1.29 is 18.7 Å². The first-order chi connectivity index (χ1) is 8.49. The minimum Gasteiger partial charge on any atom is -0.467 e. The molecule has 0 aromatic heterocycles. The second-order valence-corrected chi connectivity index (χ2v) is 3.69. The summed E-state index contributed by atoms with van der Waals surface area (Å²) in [6.07, 6.45) is 0.496. The lowest BCUT2D eigenvalue weighted by Gasteiger charge is -2.16. The molecular formula is C12H15FN2O3. The maximum absolute atomic E-state index is 13.2. The average Bonchev–Trinajstić information content (AvgIpc) is 2.36. The van der Waals surface area contributed by atoms with Crippen LogP contribution in [0, 0.1) is 5.82 Å². The van der Waals surface area contributed by atoms with E-state index in [1.807, 2.05) is 0 Å². The number of primary amides is 1. The van der Waals surface area contributed by atoms with Crippen LogP contribution in [0.25, 0.3) is 0 Å². The van der Waals surface area contributed by atoms with Crippen molar-refractivity contribution in [3.8, 4) is 0 Å². The van der Waals surface area contributed by atoms with E-state index < -0.39 is 23.7 Å². The molecular weight excluding hydrogens is 239 g/mol. The monoisotopic (exact) mass is 254 g/mol. The number of hydrogen-bond donors (Lipinski definition) is 2. The van der Waals surface area contributed by atoms with Gasteiger partial charge in [0.15, 0.2) is 0 Å². The van der Waals surface area contributed by atoms with Crippen molar-refractivity contribution in [2.75, 3.05) is 12.4 Å². The third-order valence-electron chi connectivity index (χ3n) is 2.47. The SMILES string of the molecule is CCC(Nc1ccc(F)c(C(N)=O)c1)C(=O)OC. The average molecular weight is 254 g/mol. The third kappa shape index (κ3) is 3.19. The van der Waals surface area contributed by atoms with Crippen molar-refractivity contribution in [2.24, 2.45) is 5.73 Å². The summed E-state index contributed by atoms with van der Waals surface area (Å²) in [6, 6.07) is 3.25. The van der Waals surface area contributed by atoms with Gasteiger partial charge < -0.3 is 15.8 Å². The Bertz CT molecular complexity index is 463. The first kappa shape index (κ1) is 14.0. The molecule has 6 heteroatoms. The summed E-state index contributed by atoms with van der Waals surface area (Å²) in [5.41, 5.74) is 5.24. The molecule has 0 heterocycles. The van der Waals surface area contributed by atoms with Gasteiger partial charge in [-0.15, -0.1) is 0 Å². The number of nitrogens with two attached hydrogens (primary N) is 1. The van der Waals surface area contributed by atoms with Crippen molar-refractivity contribution in [3.05, 3.63) is 29.6 Å². The Hall–Kier alpha value is -2.11. The van der Waals surface area contributed by atoms with Gasteiger partial charge in [0, 0.05) is 5.69 Å². The predicted molar refractivity (Wildman–Crippen MR) is 64.6 cm³/mol. The van der Waals surface area contributed by atoms with Gasteiger partial charge in [-0.2, -0.15) is 0 Å². The zero-order valence-corrected chi connectivity index (χ0v) is 10.2. The van der Waals surface area contributed by atoms with E-state index in [9.17, 15) is 14.0 Å². The molecule has 0 aliphatic heterocycles. The Morgan fingerprint density at radius 3 is 2.67 bits per heavy atom. The third-order valence-corrected chi connectivity index (χ3v) is 2.47. The van der Waals surface area contributed by atoms with E-state index in [4.69, 9.17) is 5.73 Å². The van der Waals surface area contributed by atoms with Gasteiger partial charge in [-0.1, -0.05) is 6.92 Å². The fourth-order valence-corrected chi connectivity index (χ4v) is 1.47. The molecule has 0 saturated carbocycles. The van der Waals surface area contributed by atoms with Crippen molar-refractivity contribution in [2.45, 2.75) is 19.4 Å². The molecule has 0 radical (unpaired) electrons. The highest BCUT2D eigenvalue weighted by molar-refractivity contribution is 5.94. The van der Waals surface area contributed by atoms with Gasteiger partial charge in [-0.3, -0.25) is 4.79 Å². The minimum atomic E-state index is -0.859. The quantitative estimate of drug-likeness (QED) is 0.776. The predicted octanol–water partition coefficient (Wildman–Crippen LogP) is 1.29. The van der Waals surface area contributed by atoms with Crippen LogP contribution in [0.5, 0.6) is 0 Å². The van der Waals surface area contributed by atoms with Gasteiger partial charge in [0.05, 0.1) is 12.7 Å². The molecule has 1 aromatic carbocycles. The Balaban J connectivity index is 2.94. The molecule has 0 spiro atoms. The van der Waals surface area contributed by atoms with E-state index in [0.717, 1.165) is 6.07 Å². The molecule has 1 aromatic rings. The molecule has 3 N–H and O–H groups in total. The van der Waals surface area contributed by atoms with Crippen molar-refractivity contribution >= 4 is 17.6 Å². The van der Waals surface area contributed by atoms with E-state index in [2.05, 4.69) is 10.1 Å². The maximum atomic E-state index is 13.2. The lowest BCUT2D eigenvalue weighted by atomic mass is 10.1. The number of ether oxygens (including phenoxy) is 1. The Morgan fingerprint density at radius 1 is 1.50 bits per heavy atom. The van der Waals surface area contributed by atoms with Gasteiger partial charge in [0.2, 0.25) is 0 Å². The topological polar surface area (TPSA) is 81.4 Å². The van der Waals surface area contributed by atoms with Gasteiger partial charge in [-0.05, 0) is 24.6 Å². The fourth-order valence-electron chi connectivity index (χ4n) is 1.47. The second kappa shape index (κ2) is 6.00. The Labute approximate surface area is 104 Å². The summed E-state index contributed by atoms with van der Waals surface area (Å²) in [5.74, 6) is -1.98. The number of rotatable bonds is 5. The first-order valence-corrected chi connectivity index (χ1v) is 5.43. The molecule has 5 nitrogen and oxygen atoms in total. The van der Waals surface area contributed by atoms with E-state index >= 15 is 0 Å². The van der Waals surface area contributed by atoms with Crippen LogP contribution >= 0.6 is 0 Å². The van der Waals surface area contributed by atoms with Crippen molar-refractivity contribution in [3.63, 3.8) is 0 Å². The summed E-state index contributed by atoms with van der Waals surface area (Å²) < 4.78 is 17.9. The van der Waals surface area contributed by atoms with Gasteiger partial charge >= 0.3 is 5.97 Å². The van der Waals surface area contributed by atoms with Gasteiger partial charge in [-0.25, -0.2) is 9.18 Å². The second-order valence-electron chi connectivity index (χ2n) is 3.69. The highest BCUT2D eigenvalue weighted by Crippen LogP contribution is 2.16. The first-order valence-electron chi connectivity index (χ1n) is 5.43. The normalized spacial score (nSPS) is 11.7. The number of anilines is 1. The Kier molecular flexibility index (Phi) is 4.65. The molecule has 1 unspecified atom stereocenters. The molecule has 0 saturated heterocycles. The lowest BCUT2D eigenvalue weighted by Crippen LogP contribution is -2.30. The van der Waals surface area contributed by atoms with Crippen LogP contribution in [-0.2, 0) is 9.53 Å². The summed E-state index contributed by atoms with van der Waals surface area (Å²) in [7, 11) is 1.28. The molecule has 0 aliphatic carbocycles. The standard InChI is InChI=1S/C12H15FN2O3/c1-3-10(12(17)18-2)15-7-4-5-9(13)8(6-7)11(14)16/h4-6,10,15H,3H2,1-2H3,(H2,14,16). The van der Waals surface area contributed by atoms with Gasteiger partial charge in [0.1, 0.15) is 11.9 Å². The minimum absolute atomic E-state index is 0.222. The lowest BCUT2D eigenvalue weighted by molar-refractivity contribution is -0.141. The summed E-state index contributed by atoms with van der Waals surface area (Å²) in [6.45, 7) is 1.80. The number of methoxy groups -OCH3 is 1. The molecule has 0 fully saturated rings. The number of esters is 1. The zero-order chi connectivity index (χ0) is 13.7. The van der Waals surface area contributed by atoms with Crippen LogP contribution in [0.1, 0.15) is 23.7 Å². The highest BCUT2D eigenvalue weighted by Gasteiger charge is 2.17.